The van der Waals surface area contributed by atoms with Gasteiger partial charge in [0.2, 0.25) is 5.91 Å². The zero-order valence-corrected chi connectivity index (χ0v) is 13.3. The molecule has 0 aliphatic carbocycles. The van der Waals surface area contributed by atoms with Crippen LogP contribution in [-0.2, 0) is 11.3 Å². The molecule has 1 N–H and O–H groups in total. The summed E-state index contributed by atoms with van der Waals surface area (Å²) in [7, 11) is 1.66. The van der Waals surface area contributed by atoms with Crippen LogP contribution < -0.4 is 15.0 Å². The Morgan fingerprint density at radius 3 is 2.50 bits per heavy atom. The second-order valence-electron chi connectivity index (χ2n) is 5.07. The van der Waals surface area contributed by atoms with Crippen molar-refractivity contribution in [3.05, 3.63) is 54.1 Å². The molecule has 0 aromatic heterocycles. The number of ether oxygens (including phenoxy) is 1. The van der Waals surface area contributed by atoms with Gasteiger partial charge in [-0.25, -0.2) is 0 Å². The summed E-state index contributed by atoms with van der Waals surface area (Å²) in [5, 5.41) is 2.82. The summed E-state index contributed by atoms with van der Waals surface area (Å²) >= 11 is 0. The maximum absolute atomic E-state index is 11.3. The average molecular weight is 298 g/mol. The van der Waals surface area contributed by atoms with Gasteiger partial charge in [-0.2, -0.15) is 0 Å². The summed E-state index contributed by atoms with van der Waals surface area (Å²) in [5.74, 6) is 0.717. The Morgan fingerprint density at radius 1 is 1.18 bits per heavy atom. The zero-order valence-electron chi connectivity index (χ0n) is 13.3. The molecule has 2 aromatic rings. The van der Waals surface area contributed by atoms with Crippen molar-refractivity contribution in [2.75, 3.05) is 23.9 Å². The number of amides is 1. The van der Waals surface area contributed by atoms with Crippen molar-refractivity contribution in [1.29, 1.82) is 0 Å². The molecule has 22 heavy (non-hydrogen) atoms. The summed E-state index contributed by atoms with van der Waals surface area (Å²) < 4.78 is 5.47. The lowest BCUT2D eigenvalue weighted by atomic mass is 10.1. The summed E-state index contributed by atoms with van der Waals surface area (Å²) in [6.07, 6.45) is 0. The molecule has 0 aliphatic rings. The van der Waals surface area contributed by atoms with Crippen molar-refractivity contribution in [3.63, 3.8) is 0 Å². The second-order valence-corrected chi connectivity index (χ2v) is 5.07. The number of carbonyl (C=O) groups excluding carboxylic acids is 1. The lowest BCUT2D eigenvalue weighted by Gasteiger charge is -2.26. The van der Waals surface area contributed by atoms with Crippen molar-refractivity contribution in [3.8, 4) is 5.75 Å². The maximum Gasteiger partial charge on any atom is 0.221 e. The molecular weight excluding hydrogens is 276 g/mol. The van der Waals surface area contributed by atoms with Crippen molar-refractivity contribution < 1.29 is 9.53 Å². The highest BCUT2D eigenvalue weighted by Gasteiger charge is 2.12. The van der Waals surface area contributed by atoms with E-state index in [1.165, 1.54) is 12.5 Å². The fraction of sp³-hybridized carbons (Fsp3) is 0.278. The van der Waals surface area contributed by atoms with Crippen LogP contribution in [0.3, 0.4) is 0 Å². The van der Waals surface area contributed by atoms with Crippen LogP contribution >= 0.6 is 0 Å². The standard InChI is InChI=1S/C18H22N2O2/c1-4-20(13-15-8-6-5-7-9-15)17-12-16(19-14(2)21)10-11-18(17)22-3/h5-12H,4,13H2,1-3H3,(H,19,21). The van der Waals surface area contributed by atoms with Gasteiger partial charge in [0.15, 0.2) is 0 Å². The van der Waals surface area contributed by atoms with E-state index in [1.807, 2.05) is 36.4 Å². The molecule has 0 aliphatic heterocycles. The first kappa shape index (κ1) is 15.9. The molecule has 4 nitrogen and oxygen atoms in total. The molecule has 116 valence electrons. The van der Waals surface area contributed by atoms with Crippen molar-refractivity contribution >= 4 is 17.3 Å². The van der Waals surface area contributed by atoms with E-state index in [-0.39, 0.29) is 5.91 Å². The minimum Gasteiger partial charge on any atom is -0.495 e. The van der Waals surface area contributed by atoms with E-state index >= 15 is 0 Å². The summed E-state index contributed by atoms with van der Waals surface area (Å²) in [6, 6.07) is 16.0. The van der Waals surface area contributed by atoms with E-state index in [2.05, 4.69) is 29.3 Å². The molecule has 0 bridgehead atoms. The number of nitrogens with zero attached hydrogens (tertiary/aromatic N) is 1. The second kappa shape index (κ2) is 7.50. The Balaban J connectivity index is 2.31. The summed E-state index contributed by atoms with van der Waals surface area (Å²) in [6.45, 7) is 5.24. The Bertz CT molecular complexity index is 626. The minimum absolute atomic E-state index is 0.0813. The zero-order chi connectivity index (χ0) is 15.9. The molecule has 0 atom stereocenters. The third-order valence-corrected chi connectivity index (χ3v) is 3.44. The lowest BCUT2D eigenvalue weighted by molar-refractivity contribution is -0.114. The van der Waals surface area contributed by atoms with Crippen LogP contribution in [0.15, 0.2) is 48.5 Å². The van der Waals surface area contributed by atoms with Gasteiger partial charge >= 0.3 is 0 Å². The van der Waals surface area contributed by atoms with Crippen molar-refractivity contribution in [1.82, 2.24) is 0 Å². The monoisotopic (exact) mass is 298 g/mol. The maximum atomic E-state index is 11.3. The van der Waals surface area contributed by atoms with Crippen LogP contribution in [0.1, 0.15) is 19.4 Å². The average Bonchev–Trinajstić information content (AvgIpc) is 2.53. The minimum atomic E-state index is -0.0813. The molecule has 0 saturated carbocycles. The van der Waals surface area contributed by atoms with Gasteiger partial charge in [0.05, 0.1) is 12.8 Å². The van der Waals surface area contributed by atoms with Crippen LogP contribution in [0.4, 0.5) is 11.4 Å². The number of hydrogen-bond acceptors (Lipinski definition) is 3. The molecular formula is C18H22N2O2. The number of hydrogen-bond donors (Lipinski definition) is 1. The highest BCUT2D eigenvalue weighted by atomic mass is 16.5. The van der Waals surface area contributed by atoms with Gasteiger partial charge in [-0.05, 0) is 30.7 Å². The first-order valence-corrected chi connectivity index (χ1v) is 7.38. The third-order valence-electron chi connectivity index (χ3n) is 3.44. The first-order chi connectivity index (χ1) is 10.6. The molecule has 0 saturated heterocycles. The van der Waals surface area contributed by atoms with E-state index in [1.54, 1.807) is 7.11 Å². The number of anilines is 2. The van der Waals surface area contributed by atoms with Crippen LogP contribution in [0.25, 0.3) is 0 Å². The van der Waals surface area contributed by atoms with Crippen LogP contribution in [0.5, 0.6) is 5.75 Å². The molecule has 0 heterocycles. The Morgan fingerprint density at radius 2 is 1.91 bits per heavy atom. The topological polar surface area (TPSA) is 41.6 Å². The largest absolute Gasteiger partial charge is 0.495 e. The quantitative estimate of drug-likeness (QED) is 0.884. The van der Waals surface area contributed by atoms with Crippen molar-refractivity contribution in [2.24, 2.45) is 0 Å². The van der Waals surface area contributed by atoms with E-state index in [4.69, 9.17) is 4.74 Å². The Hall–Kier alpha value is -2.49. The van der Waals surface area contributed by atoms with E-state index in [0.29, 0.717) is 0 Å². The van der Waals surface area contributed by atoms with Crippen LogP contribution in [0, 0.1) is 0 Å². The van der Waals surface area contributed by atoms with Crippen LogP contribution in [-0.4, -0.2) is 19.6 Å². The van der Waals surface area contributed by atoms with E-state index in [9.17, 15) is 4.79 Å². The van der Waals surface area contributed by atoms with Crippen molar-refractivity contribution in [2.45, 2.75) is 20.4 Å². The smallest absolute Gasteiger partial charge is 0.221 e. The number of carbonyl (C=O) groups is 1. The van der Waals surface area contributed by atoms with E-state index < -0.39 is 0 Å². The normalized spacial score (nSPS) is 10.1. The van der Waals surface area contributed by atoms with Gasteiger partial charge in [-0.15, -0.1) is 0 Å². The third kappa shape index (κ3) is 4.01. The molecule has 0 unspecified atom stereocenters. The summed E-state index contributed by atoms with van der Waals surface area (Å²) in [5.41, 5.74) is 2.98. The number of methoxy groups -OCH3 is 1. The summed E-state index contributed by atoms with van der Waals surface area (Å²) in [4.78, 5) is 13.5. The van der Waals surface area contributed by atoms with Crippen LogP contribution in [0.2, 0.25) is 0 Å². The number of rotatable bonds is 6. The molecule has 0 radical (unpaired) electrons. The molecule has 0 fully saturated rings. The SMILES string of the molecule is CCN(Cc1ccccc1)c1cc(NC(C)=O)ccc1OC. The fourth-order valence-corrected chi connectivity index (χ4v) is 2.39. The predicted molar refractivity (Wildman–Crippen MR) is 90.5 cm³/mol. The molecule has 0 spiro atoms. The highest BCUT2D eigenvalue weighted by Crippen LogP contribution is 2.32. The lowest BCUT2D eigenvalue weighted by Crippen LogP contribution is -2.22. The Labute approximate surface area is 131 Å². The Kier molecular flexibility index (Phi) is 5.42. The predicted octanol–water partition coefficient (Wildman–Crippen LogP) is 3.68. The van der Waals surface area contributed by atoms with Gasteiger partial charge in [0, 0.05) is 25.7 Å². The van der Waals surface area contributed by atoms with Gasteiger partial charge in [-0.1, -0.05) is 30.3 Å². The number of benzene rings is 2. The number of nitrogens with one attached hydrogen (secondary N) is 1. The van der Waals surface area contributed by atoms with E-state index in [0.717, 1.165) is 30.2 Å². The molecule has 4 heteroatoms. The fourth-order valence-electron chi connectivity index (χ4n) is 2.39. The first-order valence-electron chi connectivity index (χ1n) is 7.38. The highest BCUT2D eigenvalue weighted by molar-refractivity contribution is 5.89. The molecule has 2 rings (SSSR count). The van der Waals surface area contributed by atoms with Gasteiger partial charge in [-0.3, -0.25) is 4.79 Å². The molecule has 2 aromatic carbocycles. The molecule has 1 amide bonds. The van der Waals surface area contributed by atoms with Gasteiger partial charge in [0.1, 0.15) is 5.75 Å². The van der Waals surface area contributed by atoms with Gasteiger partial charge in [0.25, 0.3) is 0 Å². The van der Waals surface area contributed by atoms with Gasteiger partial charge < -0.3 is 15.0 Å².